The van der Waals surface area contributed by atoms with Gasteiger partial charge in [0.2, 0.25) is 0 Å². The van der Waals surface area contributed by atoms with E-state index in [0.717, 1.165) is 17.6 Å². The summed E-state index contributed by atoms with van der Waals surface area (Å²) in [6.45, 7) is 10.4. The van der Waals surface area contributed by atoms with Crippen molar-refractivity contribution < 1.29 is 0 Å². The Bertz CT molecular complexity index is 300. The van der Waals surface area contributed by atoms with Gasteiger partial charge in [-0.15, -0.1) is 11.3 Å². The molecule has 1 aromatic rings. The van der Waals surface area contributed by atoms with E-state index in [-0.39, 0.29) is 0 Å². The van der Waals surface area contributed by atoms with E-state index in [1.807, 2.05) is 11.6 Å². The molecule has 1 saturated carbocycles. The predicted octanol–water partition coefficient (Wildman–Crippen LogP) is 3.24. The van der Waals surface area contributed by atoms with E-state index in [1.165, 1.54) is 0 Å². The average Bonchev–Trinajstić information content (AvgIpc) is 2.54. The lowest BCUT2D eigenvalue weighted by atomic mass is 10.0. The summed E-state index contributed by atoms with van der Waals surface area (Å²) in [7, 11) is 0. The van der Waals surface area contributed by atoms with E-state index in [2.05, 4.69) is 38.0 Å². The molecule has 0 amide bonds. The van der Waals surface area contributed by atoms with Gasteiger partial charge in [-0.1, -0.05) is 27.7 Å². The van der Waals surface area contributed by atoms with E-state index in [9.17, 15) is 0 Å². The molecule has 0 bridgehead atoms. The van der Waals surface area contributed by atoms with Crippen molar-refractivity contribution in [3.8, 4) is 0 Å². The maximum absolute atomic E-state index is 4.22. The number of rotatable bonds is 3. The quantitative estimate of drug-likeness (QED) is 0.828. The van der Waals surface area contributed by atoms with Gasteiger partial charge in [0.1, 0.15) is 0 Å². The zero-order valence-corrected chi connectivity index (χ0v) is 10.1. The third kappa shape index (κ3) is 1.34. The van der Waals surface area contributed by atoms with Crippen LogP contribution in [0.2, 0.25) is 0 Å². The highest BCUT2D eigenvalue weighted by Crippen LogP contribution is 2.68. The summed E-state index contributed by atoms with van der Waals surface area (Å²) in [5, 5.41) is 6.46. The van der Waals surface area contributed by atoms with Crippen LogP contribution in [-0.2, 0) is 0 Å². The number of anilines is 1. The molecule has 1 fully saturated rings. The number of thiazole rings is 1. The molecule has 0 spiro atoms. The van der Waals surface area contributed by atoms with Gasteiger partial charge >= 0.3 is 0 Å². The molecule has 1 aromatic heterocycles. The van der Waals surface area contributed by atoms with Gasteiger partial charge in [-0.2, -0.15) is 0 Å². The predicted molar refractivity (Wildman–Crippen MR) is 61.7 cm³/mol. The van der Waals surface area contributed by atoms with Crippen LogP contribution in [0.25, 0.3) is 0 Å². The fourth-order valence-corrected chi connectivity index (χ4v) is 2.88. The summed E-state index contributed by atoms with van der Waals surface area (Å²) in [6.07, 6.45) is 1.84. The van der Waals surface area contributed by atoms with Crippen molar-refractivity contribution in [3.63, 3.8) is 0 Å². The van der Waals surface area contributed by atoms with Crippen molar-refractivity contribution in [3.05, 3.63) is 11.6 Å². The van der Waals surface area contributed by atoms with Gasteiger partial charge in [0.25, 0.3) is 0 Å². The first kappa shape index (κ1) is 9.97. The first-order chi connectivity index (χ1) is 6.46. The molecule has 1 aliphatic carbocycles. The molecule has 3 heteroatoms. The minimum Gasteiger partial charge on any atom is -0.361 e. The summed E-state index contributed by atoms with van der Waals surface area (Å²) in [4.78, 5) is 4.22. The smallest absolute Gasteiger partial charge is 0.182 e. The second-order valence-corrected chi connectivity index (χ2v) is 6.11. The standard InChI is InChI=1S/C11H18N2S/c1-10(2)8(11(10,3)4)7-13-9-12-5-6-14-9/h5-6,8H,7H2,1-4H3,(H,12,13). The Morgan fingerprint density at radius 2 is 2.00 bits per heavy atom. The number of hydrogen-bond acceptors (Lipinski definition) is 3. The van der Waals surface area contributed by atoms with Crippen molar-refractivity contribution in [2.45, 2.75) is 27.7 Å². The lowest BCUT2D eigenvalue weighted by Gasteiger charge is -2.04. The summed E-state index contributed by atoms with van der Waals surface area (Å²) in [5.41, 5.74) is 0.939. The number of aromatic nitrogens is 1. The van der Waals surface area contributed by atoms with E-state index in [1.54, 1.807) is 11.3 Å². The van der Waals surface area contributed by atoms with E-state index in [4.69, 9.17) is 0 Å². The third-order valence-electron chi connectivity index (χ3n) is 4.21. The zero-order chi connectivity index (χ0) is 10.4. The zero-order valence-electron chi connectivity index (χ0n) is 9.29. The second-order valence-electron chi connectivity index (χ2n) is 5.21. The topological polar surface area (TPSA) is 24.9 Å². The molecule has 0 aliphatic heterocycles. The van der Waals surface area contributed by atoms with Crippen LogP contribution in [0, 0.1) is 16.7 Å². The Labute approximate surface area is 89.8 Å². The van der Waals surface area contributed by atoms with Crippen molar-refractivity contribution >= 4 is 16.5 Å². The Hall–Kier alpha value is -0.570. The van der Waals surface area contributed by atoms with Crippen molar-refractivity contribution in [2.75, 3.05) is 11.9 Å². The lowest BCUT2D eigenvalue weighted by Crippen LogP contribution is -2.07. The molecule has 0 aromatic carbocycles. The molecule has 78 valence electrons. The van der Waals surface area contributed by atoms with Gasteiger partial charge in [0.15, 0.2) is 5.13 Å². The molecule has 2 nitrogen and oxygen atoms in total. The molecule has 0 unspecified atom stereocenters. The maximum Gasteiger partial charge on any atom is 0.182 e. The van der Waals surface area contributed by atoms with Crippen LogP contribution >= 0.6 is 11.3 Å². The second kappa shape index (κ2) is 2.96. The van der Waals surface area contributed by atoms with Gasteiger partial charge < -0.3 is 5.32 Å². The minimum atomic E-state index is 0.470. The van der Waals surface area contributed by atoms with Crippen LogP contribution in [0.4, 0.5) is 5.13 Å². The summed E-state index contributed by atoms with van der Waals surface area (Å²) in [6, 6.07) is 0. The normalized spacial score (nSPS) is 23.4. The maximum atomic E-state index is 4.22. The molecule has 1 N–H and O–H groups in total. The molecular weight excluding hydrogens is 192 g/mol. The molecule has 0 radical (unpaired) electrons. The lowest BCUT2D eigenvalue weighted by molar-refractivity contribution is 0.457. The monoisotopic (exact) mass is 210 g/mol. The van der Waals surface area contributed by atoms with Crippen LogP contribution in [-0.4, -0.2) is 11.5 Å². The van der Waals surface area contributed by atoms with Crippen molar-refractivity contribution in [1.82, 2.24) is 4.98 Å². The summed E-state index contributed by atoms with van der Waals surface area (Å²) >= 11 is 1.67. The Kier molecular flexibility index (Phi) is 2.11. The highest BCUT2D eigenvalue weighted by atomic mass is 32.1. The van der Waals surface area contributed by atoms with Gasteiger partial charge in [0, 0.05) is 18.1 Å². The average molecular weight is 210 g/mol. The van der Waals surface area contributed by atoms with Crippen LogP contribution in [0.5, 0.6) is 0 Å². The summed E-state index contributed by atoms with van der Waals surface area (Å²) < 4.78 is 0. The molecular formula is C11H18N2S. The Balaban J connectivity index is 1.90. The molecule has 1 aliphatic rings. The fourth-order valence-electron chi connectivity index (χ4n) is 2.34. The highest BCUT2D eigenvalue weighted by Gasteiger charge is 2.64. The SMILES string of the molecule is CC1(C)C(CNc2nccs2)C1(C)C. The van der Waals surface area contributed by atoms with E-state index >= 15 is 0 Å². The largest absolute Gasteiger partial charge is 0.361 e. The first-order valence-electron chi connectivity index (χ1n) is 5.09. The van der Waals surface area contributed by atoms with E-state index < -0.39 is 0 Å². The Morgan fingerprint density at radius 3 is 2.43 bits per heavy atom. The van der Waals surface area contributed by atoms with Gasteiger partial charge in [-0.05, 0) is 16.7 Å². The summed E-state index contributed by atoms with van der Waals surface area (Å²) in [5.74, 6) is 0.763. The number of nitrogens with zero attached hydrogens (tertiary/aromatic N) is 1. The highest BCUT2D eigenvalue weighted by molar-refractivity contribution is 7.13. The van der Waals surface area contributed by atoms with Crippen LogP contribution < -0.4 is 5.32 Å². The van der Waals surface area contributed by atoms with Crippen LogP contribution in [0.15, 0.2) is 11.6 Å². The Morgan fingerprint density at radius 1 is 1.36 bits per heavy atom. The molecule has 1 heterocycles. The first-order valence-corrected chi connectivity index (χ1v) is 5.97. The van der Waals surface area contributed by atoms with E-state index in [0.29, 0.717) is 10.8 Å². The molecule has 14 heavy (non-hydrogen) atoms. The van der Waals surface area contributed by atoms with Crippen molar-refractivity contribution in [2.24, 2.45) is 16.7 Å². The van der Waals surface area contributed by atoms with Gasteiger partial charge in [-0.3, -0.25) is 0 Å². The molecule has 2 rings (SSSR count). The number of hydrogen-bond donors (Lipinski definition) is 1. The van der Waals surface area contributed by atoms with Crippen LogP contribution in [0.1, 0.15) is 27.7 Å². The van der Waals surface area contributed by atoms with Crippen LogP contribution in [0.3, 0.4) is 0 Å². The molecule has 0 saturated heterocycles. The van der Waals surface area contributed by atoms with Gasteiger partial charge in [0.05, 0.1) is 0 Å². The third-order valence-corrected chi connectivity index (χ3v) is 4.94. The fraction of sp³-hybridized carbons (Fsp3) is 0.727. The number of nitrogens with one attached hydrogen (secondary N) is 1. The van der Waals surface area contributed by atoms with Gasteiger partial charge in [-0.25, -0.2) is 4.98 Å². The van der Waals surface area contributed by atoms with Crippen molar-refractivity contribution in [1.29, 1.82) is 0 Å². The molecule has 0 atom stereocenters. The minimum absolute atomic E-state index is 0.470.